The van der Waals surface area contributed by atoms with Crippen molar-refractivity contribution in [2.45, 2.75) is 245 Å². The molecule has 2 aliphatic heterocycles. The van der Waals surface area contributed by atoms with E-state index in [1.54, 1.807) is 0 Å². The summed E-state index contributed by atoms with van der Waals surface area (Å²) in [5.74, 6) is -0.550. The first-order valence-electron chi connectivity index (χ1n) is 24.9. The summed E-state index contributed by atoms with van der Waals surface area (Å²) >= 11 is 0. The van der Waals surface area contributed by atoms with Gasteiger partial charge in [0, 0.05) is 31.1 Å². The number of fused-ring (bicyclic) bond motifs is 3. The van der Waals surface area contributed by atoms with Crippen LogP contribution in [0, 0.1) is 68.0 Å². The molecule has 0 radical (unpaired) electrons. The van der Waals surface area contributed by atoms with Crippen LogP contribution in [-0.2, 0) is 57.1 Å². The summed E-state index contributed by atoms with van der Waals surface area (Å²) in [5.41, 5.74) is -3.24. The fourth-order valence-electron chi connectivity index (χ4n) is 10.3. The molecule has 7 rings (SSSR count). The van der Waals surface area contributed by atoms with E-state index in [1.165, 1.54) is 19.3 Å². The van der Waals surface area contributed by atoms with Gasteiger partial charge in [-0.2, -0.15) is 5.26 Å². The third-order valence-electron chi connectivity index (χ3n) is 17.2. The van der Waals surface area contributed by atoms with Crippen LogP contribution in [0.4, 0.5) is 0 Å². The molecule has 68 heavy (non-hydrogen) atoms. The molecule has 0 aromatic carbocycles. The SMILES string of the molecule is C.C.C.CCC(C)(C)C(=O)OC1C2CC3C1OC(=O)C3(C#N)C2.CCC(C)(C)C(=O)OC1CC2CC1CC2(C)C(=O)OC(C)(C)C(C)C.CCC(C)(C)C(=O)OCCC1COC2(CCCCC2)O1. The van der Waals surface area contributed by atoms with E-state index in [2.05, 4.69) is 19.9 Å². The Kier molecular flexibility index (Phi) is 20.5. The summed E-state index contributed by atoms with van der Waals surface area (Å²) in [6, 6.07) is 2.15. The second kappa shape index (κ2) is 22.9. The normalized spacial score (nSPS) is 31.6. The van der Waals surface area contributed by atoms with Crippen molar-refractivity contribution in [2.75, 3.05) is 13.2 Å². The van der Waals surface area contributed by atoms with Gasteiger partial charge in [-0.05, 0) is 144 Å². The highest BCUT2D eigenvalue weighted by atomic mass is 16.7. The Labute approximate surface area is 411 Å². The first-order valence-corrected chi connectivity index (χ1v) is 24.9. The molecule has 1 spiro atoms. The largest absolute Gasteiger partial charge is 0.465 e. The Morgan fingerprint density at radius 3 is 1.85 bits per heavy atom. The molecule has 392 valence electrons. The summed E-state index contributed by atoms with van der Waals surface area (Å²) in [5, 5.41) is 9.31. The van der Waals surface area contributed by atoms with Crippen LogP contribution in [0.1, 0.15) is 209 Å². The Bertz CT molecular complexity index is 1790. The minimum Gasteiger partial charge on any atom is -0.465 e. The van der Waals surface area contributed by atoms with Crippen molar-refractivity contribution in [3.05, 3.63) is 0 Å². The van der Waals surface area contributed by atoms with Gasteiger partial charge in [-0.25, -0.2) is 0 Å². The summed E-state index contributed by atoms with van der Waals surface area (Å²) in [6.45, 7) is 28.5. The van der Waals surface area contributed by atoms with Crippen LogP contribution in [0.25, 0.3) is 0 Å². The standard InChI is InChI=1S/C21H36O4.C16H28O4.C15H19NO4.3CH4/c1-9-19(4,5)17(22)24-16-11-15-10-14(16)12-21(15,8)18(23)25-20(6,7)13(2)3;1-4-15(2,3)14(17)18-11-8-13-12-19-16(20-13)9-6-5-7-10-16;1-4-14(2,3)12(17)19-10-8-5-9-11(10)20-13(18)15(9,6-8)7-16;;;/h13-16H,9-12H2,1-8H3;13H,4-12H2,1-3H3;8-11H,4-6H2,1-3H3;3*1H4. The number of hydrogen-bond acceptors (Lipinski definition) is 13. The molecular weight excluding hydrogens is 867 g/mol. The molecule has 0 aromatic rings. The molecule has 4 bridgehead atoms. The molecule has 7 fully saturated rings. The molecule has 0 amide bonds. The van der Waals surface area contributed by atoms with Crippen LogP contribution in [-0.4, -0.2) is 78.9 Å². The Morgan fingerprint density at radius 2 is 1.34 bits per heavy atom. The lowest BCUT2D eigenvalue weighted by atomic mass is 9.73. The van der Waals surface area contributed by atoms with Crippen molar-refractivity contribution in [1.29, 1.82) is 5.26 Å². The smallest absolute Gasteiger partial charge is 0.327 e. The van der Waals surface area contributed by atoms with Gasteiger partial charge in [0.1, 0.15) is 23.9 Å². The van der Waals surface area contributed by atoms with Crippen LogP contribution < -0.4 is 0 Å². The van der Waals surface area contributed by atoms with Gasteiger partial charge in [-0.15, -0.1) is 0 Å². The van der Waals surface area contributed by atoms with Crippen molar-refractivity contribution in [3.8, 4) is 6.07 Å². The summed E-state index contributed by atoms with van der Waals surface area (Å²) < 4.78 is 40.0. The van der Waals surface area contributed by atoms with Gasteiger partial charge in [-0.3, -0.25) is 24.0 Å². The third-order valence-corrected chi connectivity index (χ3v) is 17.2. The monoisotopic (exact) mass is 962 g/mol. The van der Waals surface area contributed by atoms with Gasteiger partial charge in [-0.1, -0.05) is 63.3 Å². The maximum atomic E-state index is 12.9. The van der Waals surface area contributed by atoms with E-state index in [1.807, 2.05) is 83.1 Å². The Balaban J connectivity index is 0.000000345. The average Bonchev–Trinajstić information content (AvgIpc) is 4.10. The van der Waals surface area contributed by atoms with Gasteiger partial charge in [0.05, 0.1) is 47.0 Å². The highest BCUT2D eigenvalue weighted by molar-refractivity contribution is 5.85. The highest BCUT2D eigenvalue weighted by Gasteiger charge is 2.72. The molecule has 10 atom stereocenters. The van der Waals surface area contributed by atoms with Crippen molar-refractivity contribution in [2.24, 2.45) is 56.7 Å². The van der Waals surface area contributed by atoms with Crippen LogP contribution in [0.5, 0.6) is 0 Å². The van der Waals surface area contributed by atoms with E-state index in [9.17, 15) is 29.2 Å². The van der Waals surface area contributed by atoms with Gasteiger partial charge in [0.15, 0.2) is 11.2 Å². The maximum Gasteiger partial charge on any atom is 0.327 e. The van der Waals surface area contributed by atoms with Crippen molar-refractivity contribution < 1.29 is 57.1 Å². The number of carbonyl (C=O) groups excluding carboxylic acids is 5. The predicted octanol–water partition coefficient (Wildman–Crippen LogP) is 11.9. The second-order valence-electron chi connectivity index (χ2n) is 23.4. The zero-order chi connectivity index (χ0) is 48.6. The second-order valence-corrected chi connectivity index (χ2v) is 23.4. The van der Waals surface area contributed by atoms with Gasteiger partial charge in [0.2, 0.25) is 0 Å². The fourth-order valence-corrected chi connectivity index (χ4v) is 10.3. The Morgan fingerprint density at radius 1 is 0.779 bits per heavy atom. The van der Waals surface area contributed by atoms with Crippen LogP contribution >= 0.6 is 0 Å². The van der Waals surface area contributed by atoms with Gasteiger partial charge in [0.25, 0.3) is 0 Å². The molecule has 13 heteroatoms. The average molecular weight is 962 g/mol. The van der Waals surface area contributed by atoms with E-state index in [0.29, 0.717) is 26.1 Å². The predicted molar refractivity (Wildman–Crippen MR) is 262 cm³/mol. The molecular formula is C55H95NO12. The van der Waals surface area contributed by atoms with E-state index >= 15 is 0 Å². The van der Waals surface area contributed by atoms with Crippen LogP contribution in [0.15, 0.2) is 0 Å². The molecule has 7 aliphatic rings. The number of hydrogen-bond donors (Lipinski definition) is 0. The number of esters is 5. The minimum absolute atomic E-state index is 0. The first-order chi connectivity index (χ1) is 30.2. The van der Waals surface area contributed by atoms with E-state index in [4.69, 9.17) is 33.2 Å². The van der Waals surface area contributed by atoms with E-state index < -0.39 is 44.7 Å². The third kappa shape index (κ3) is 12.4. The van der Waals surface area contributed by atoms with Crippen molar-refractivity contribution >= 4 is 29.8 Å². The lowest BCUT2D eigenvalue weighted by molar-refractivity contribution is -0.188. The number of ether oxygens (including phenoxy) is 7. The first kappa shape index (κ1) is 60.9. The van der Waals surface area contributed by atoms with Crippen LogP contribution in [0.2, 0.25) is 0 Å². The molecule has 0 aromatic heterocycles. The summed E-state index contributed by atoms with van der Waals surface area (Å²) in [7, 11) is 0. The van der Waals surface area contributed by atoms with Crippen LogP contribution in [0.3, 0.4) is 0 Å². The minimum atomic E-state index is -0.974. The molecule has 2 saturated heterocycles. The lowest BCUT2D eigenvalue weighted by Gasteiger charge is -2.39. The summed E-state index contributed by atoms with van der Waals surface area (Å²) in [4.78, 5) is 61.3. The molecule has 0 N–H and O–H groups in total. The van der Waals surface area contributed by atoms with E-state index in [0.717, 1.165) is 57.8 Å². The highest BCUT2D eigenvalue weighted by Crippen LogP contribution is 2.62. The van der Waals surface area contributed by atoms with Crippen molar-refractivity contribution in [3.63, 3.8) is 0 Å². The quantitative estimate of drug-likeness (QED) is 0.119. The molecule has 5 aliphatic carbocycles. The van der Waals surface area contributed by atoms with Gasteiger partial charge < -0.3 is 33.2 Å². The maximum absolute atomic E-state index is 12.9. The van der Waals surface area contributed by atoms with Crippen molar-refractivity contribution in [1.82, 2.24) is 0 Å². The number of nitriles is 1. The number of rotatable bonds is 14. The molecule has 5 saturated carbocycles. The zero-order valence-corrected chi connectivity index (χ0v) is 42.4. The summed E-state index contributed by atoms with van der Waals surface area (Å²) in [6.07, 6.45) is 11.6. The zero-order valence-electron chi connectivity index (χ0n) is 42.4. The fraction of sp³-hybridized carbons (Fsp3) is 0.891. The lowest BCUT2D eigenvalue weighted by Crippen LogP contribution is -2.44. The van der Waals surface area contributed by atoms with Gasteiger partial charge >= 0.3 is 29.8 Å². The van der Waals surface area contributed by atoms with E-state index in [-0.39, 0.29) is 99.8 Å². The number of nitrogens with zero attached hydrogens (tertiary/aromatic N) is 1. The molecule has 13 nitrogen and oxygen atoms in total. The Hall–Kier alpha value is -3.24. The topological polar surface area (TPSA) is 174 Å². The molecule has 2 heterocycles. The molecule has 10 unspecified atom stereocenters. The number of carbonyl (C=O) groups is 5.